The summed E-state index contributed by atoms with van der Waals surface area (Å²) in [6.45, 7) is 11.3. The molecular weight excluding hydrogens is 304 g/mol. The molecule has 23 heavy (non-hydrogen) atoms. The maximum Gasteiger partial charge on any atom is 0.236 e. The van der Waals surface area contributed by atoms with Gasteiger partial charge >= 0.3 is 0 Å². The van der Waals surface area contributed by atoms with Crippen molar-refractivity contribution in [2.75, 3.05) is 5.32 Å². The number of fused-ring (bicyclic) bond motifs is 1. The molecule has 0 atom stereocenters. The monoisotopic (exact) mass is 328 g/mol. The van der Waals surface area contributed by atoms with Gasteiger partial charge in [-0.05, 0) is 43.2 Å². The molecule has 0 aliphatic carbocycles. The zero-order valence-electron chi connectivity index (χ0n) is 14.4. The molecule has 0 aliphatic rings. The fourth-order valence-corrected chi connectivity index (χ4v) is 4.08. The van der Waals surface area contributed by atoms with E-state index >= 15 is 0 Å². The lowest BCUT2D eigenvalue weighted by atomic mass is 9.82. The van der Waals surface area contributed by atoms with Crippen LogP contribution in [0, 0.1) is 5.41 Å². The highest BCUT2D eigenvalue weighted by molar-refractivity contribution is 7.13. The van der Waals surface area contributed by atoms with E-state index in [-0.39, 0.29) is 11.0 Å². The van der Waals surface area contributed by atoms with Gasteiger partial charge in [0.25, 0.3) is 0 Å². The van der Waals surface area contributed by atoms with Gasteiger partial charge in [-0.15, -0.1) is 11.3 Å². The van der Waals surface area contributed by atoms with Gasteiger partial charge in [-0.1, -0.05) is 26.8 Å². The van der Waals surface area contributed by atoms with E-state index in [0.29, 0.717) is 0 Å². The van der Waals surface area contributed by atoms with Crippen LogP contribution in [0.5, 0.6) is 0 Å². The van der Waals surface area contributed by atoms with Crippen LogP contribution in [0.2, 0.25) is 0 Å². The SMILES string of the molecule is CC(C)(C)CC(C)(C)Nc1nc2ncccn2c1-c1cccs1. The second kappa shape index (κ2) is 5.64. The van der Waals surface area contributed by atoms with Gasteiger partial charge in [0.1, 0.15) is 5.69 Å². The number of imidazole rings is 1. The zero-order chi connectivity index (χ0) is 16.7. The summed E-state index contributed by atoms with van der Waals surface area (Å²) >= 11 is 1.72. The lowest BCUT2D eigenvalue weighted by Crippen LogP contribution is -2.35. The van der Waals surface area contributed by atoms with Crippen molar-refractivity contribution in [2.24, 2.45) is 5.41 Å². The lowest BCUT2D eigenvalue weighted by Gasteiger charge is -2.33. The molecule has 0 radical (unpaired) electrons. The minimum atomic E-state index is -0.0534. The third-order valence-electron chi connectivity index (χ3n) is 3.59. The van der Waals surface area contributed by atoms with Gasteiger partial charge in [0.2, 0.25) is 5.78 Å². The van der Waals surface area contributed by atoms with E-state index < -0.39 is 0 Å². The first-order chi connectivity index (χ1) is 10.8. The second-order valence-corrected chi connectivity index (χ2v) is 8.77. The third kappa shape index (κ3) is 3.55. The largest absolute Gasteiger partial charge is 0.363 e. The Hall–Kier alpha value is -1.88. The number of nitrogens with zero attached hydrogens (tertiary/aromatic N) is 3. The lowest BCUT2D eigenvalue weighted by molar-refractivity contribution is 0.302. The quantitative estimate of drug-likeness (QED) is 0.726. The summed E-state index contributed by atoms with van der Waals surface area (Å²) in [5, 5.41) is 5.75. The fourth-order valence-electron chi connectivity index (χ4n) is 3.31. The maximum absolute atomic E-state index is 4.73. The average molecular weight is 328 g/mol. The van der Waals surface area contributed by atoms with E-state index in [1.807, 2.05) is 12.3 Å². The fraction of sp³-hybridized carbons (Fsp3) is 0.444. The van der Waals surface area contributed by atoms with E-state index in [4.69, 9.17) is 4.98 Å². The molecule has 5 heteroatoms. The number of nitrogens with one attached hydrogen (secondary N) is 1. The van der Waals surface area contributed by atoms with Crippen molar-refractivity contribution in [3.8, 4) is 10.6 Å². The van der Waals surface area contributed by atoms with E-state index in [9.17, 15) is 0 Å². The Labute approximate surface area is 141 Å². The first-order valence-corrected chi connectivity index (χ1v) is 8.78. The molecule has 3 aromatic heterocycles. The van der Waals surface area contributed by atoms with Gasteiger partial charge in [0, 0.05) is 17.9 Å². The Morgan fingerprint density at radius 2 is 1.96 bits per heavy atom. The summed E-state index contributed by atoms with van der Waals surface area (Å²) in [6, 6.07) is 6.14. The Kier molecular flexibility index (Phi) is 3.92. The molecular formula is C18H24N4S. The van der Waals surface area contributed by atoms with E-state index in [2.05, 4.69) is 66.8 Å². The highest BCUT2D eigenvalue weighted by atomic mass is 32.1. The molecule has 4 nitrogen and oxygen atoms in total. The van der Waals surface area contributed by atoms with Crippen LogP contribution >= 0.6 is 11.3 Å². The standard InChI is InChI=1S/C18H24N4S/c1-17(2,3)12-18(4,5)21-15-14(13-8-6-11-23-13)22-10-7-9-19-16(22)20-15/h6-11,21H,12H2,1-5H3. The summed E-state index contributed by atoms with van der Waals surface area (Å²) in [7, 11) is 0. The maximum atomic E-state index is 4.73. The van der Waals surface area contributed by atoms with Gasteiger partial charge in [0.05, 0.1) is 4.88 Å². The number of aromatic nitrogens is 3. The topological polar surface area (TPSA) is 42.2 Å². The third-order valence-corrected chi connectivity index (χ3v) is 4.46. The van der Waals surface area contributed by atoms with Gasteiger partial charge in [-0.2, -0.15) is 4.98 Å². The van der Waals surface area contributed by atoms with Crippen LogP contribution < -0.4 is 5.32 Å². The molecule has 0 aromatic carbocycles. The molecule has 0 saturated carbocycles. The summed E-state index contributed by atoms with van der Waals surface area (Å²) < 4.78 is 2.06. The van der Waals surface area contributed by atoms with Crippen LogP contribution in [-0.2, 0) is 0 Å². The summed E-state index contributed by atoms with van der Waals surface area (Å²) in [5.41, 5.74) is 1.28. The number of anilines is 1. The number of hydrogen-bond acceptors (Lipinski definition) is 4. The Bertz CT molecular complexity index is 794. The minimum Gasteiger partial charge on any atom is -0.363 e. The normalized spacial score (nSPS) is 12.7. The van der Waals surface area contributed by atoms with Crippen molar-refractivity contribution in [1.82, 2.24) is 14.4 Å². The molecule has 0 fully saturated rings. The average Bonchev–Trinajstić information content (AvgIpc) is 3.00. The smallest absolute Gasteiger partial charge is 0.236 e. The predicted octanol–water partition coefficient (Wildman–Crippen LogP) is 5.08. The van der Waals surface area contributed by atoms with E-state index in [1.54, 1.807) is 17.5 Å². The van der Waals surface area contributed by atoms with Crippen molar-refractivity contribution in [1.29, 1.82) is 0 Å². The van der Waals surface area contributed by atoms with Crippen molar-refractivity contribution >= 4 is 22.9 Å². The first kappa shape index (κ1) is 16.0. The number of thiophene rings is 1. The van der Waals surface area contributed by atoms with Crippen LogP contribution in [0.3, 0.4) is 0 Å². The van der Waals surface area contributed by atoms with Crippen molar-refractivity contribution in [3.05, 3.63) is 36.0 Å². The summed E-state index contributed by atoms with van der Waals surface area (Å²) in [4.78, 5) is 10.3. The van der Waals surface area contributed by atoms with Crippen molar-refractivity contribution in [3.63, 3.8) is 0 Å². The van der Waals surface area contributed by atoms with Gasteiger partial charge in [-0.3, -0.25) is 4.40 Å². The van der Waals surface area contributed by atoms with E-state index in [0.717, 1.165) is 23.7 Å². The Balaban J connectivity index is 2.06. The highest BCUT2D eigenvalue weighted by Crippen LogP contribution is 2.35. The molecule has 0 aliphatic heterocycles. The minimum absolute atomic E-state index is 0.0534. The van der Waals surface area contributed by atoms with Gasteiger partial charge in [-0.25, -0.2) is 4.98 Å². The molecule has 0 spiro atoms. The first-order valence-electron chi connectivity index (χ1n) is 7.90. The Morgan fingerprint density at radius 3 is 2.61 bits per heavy atom. The number of rotatable bonds is 4. The predicted molar refractivity (Wildman–Crippen MR) is 98.1 cm³/mol. The molecule has 1 N–H and O–H groups in total. The van der Waals surface area contributed by atoms with Gasteiger partial charge in [0.15, 0.2) is 5.82 Å². The molecule has 0 bridgehead atoms. The van der Waals surface area contributed by atoms with Crippen LogP contribution in [0.25, 0.3) is 16.3 Å². The summed E-state index contributed by atoms with van der Waals surface area (Å²) in [6.07, 6.45) is 4.85. The van der Waals surface area contributed by atoms with Gasteiger partial charge < -0.3 is 5.32 Å². The molecule has 3 aromatic rings. The summed E-state index contributed by atoms with van der Waals surface area (Å²) in [5.74, 6) is 1.63. The zero-order valence-corrected chi connectivity index (χ0v) is 15.2. The van der Waals surface area contributed by atoms with Crippen LogP contribution in [-0.4, -0.2) is 19.9 Å². The van der Waals surface area contributed by atoms with Crippen LogP contribution in [0.4, 0.5) is 5.82 Å². The molecule has 122 valence electrons. The van der Waals surface area contributed by atoms with E-state index in [1.165, 1.54) is 4.88 Å². The van der Waals surface area contributed by atoms with Crippen LogP contribution in [0.1, 0.15) is 41.0 Å². The second-order valence-electron chi connectivity index (χ2n) is 7.82. The molecule has 3 rings (SSSR count). The Morgan fingerprint density at radius 1 is 1.17 bits per heavy atom. The van der Waals surface area contributed by atoms with Crippen molar-refractivity contribution in [2.45, 2.75) is 46.6 Å². The molecule has 3 heterocycles. The van der Waals surface area contributed by atoms with Crippen molar-refractivity contribution < 1.29 is 0 Å². The molecule has 0 unspecified atom stereocenters. The van der Waals surface area contributed by atoms with Crippen LogP contribution in [0.15, 0.2) is 36.0 Å². The highest BCUT2D eigenvalue weighted by Gasteiger charge is 2.28. The molecule has 0 saturated heterocycles. The molecule has 0 amide bonds. The number of hydrogen-bond donors (Lipinski definition) is 1.